The van der Waals surface area contributed by atoms with E-state index in [1.54, 1.807) is 6.07 Å². The lowest BCUT2D eigenvalue weighted by Crippen LogP contribution is -2.01. The first-order valence-electron chi connectivity index (χ1n) is 12.0. The SMILES string of the molecule is CCCCCCCCCCCCCCCCCCCOc1ccc(N)cc1N. The van der Waals surface area contributed by atoms with E-state index in [9.17, 15) is 0 Å². The summed E-state index contributed by atoms with van der Waals surface area (Å²) in [4.78, 5) is 0. The second kappa shape index (κ2) is 17.7. The van der Waals surface area contributed by atoms with Gasteiger partial charge < -0.3 is 16.2 Å². The molecule has 0 aliphatic carbocycles. The third kappa shape index (κ3) is 13.7. The van der Waals surface area contributed by atoms with E-state index in [2.05, 4.69) is 6.92 Å². The molecule has 0 unspecified atom stereocenters. The molecule has 1 aromatic rings. The summed E-state index contributed by atoms with van der Waals surface area (Å²) in [6.45, 7) is 3.03. The fourth-order valence-electron chi connectivity index (χ4n) is 3.71. The van der Waals surface area contributed by atoms with Crippen LogP contribution >= 0.6 is 0 Å². The van der Waals surface area contributed by atoms with Crippen molar-refractivity contribution in [1.29, 1.82) is 0 Å². The van der Waals surface area contributed by atoms with Crippen LogP contribution < -0.4 is 16.2 Å². The highest BCUT2D eigenvalue weighted by Crippen LogP contribution is 2.23. The highest BCUT2D eigenvalue weighted by molar-refractivity contribution is 5.60. The van der Waals surface area contributed by atoms with E-state index in [0.29, 0.717) is 11.4 Å². The van der Waals surface area contributed by atoms with E-state index in [4.69, 9.17) is 16.2 Å². The van der Waals surface area contributed by atoms with E-state index in [-0.39, 0.29) is 0 Å². The van der Waals surface area contributed by atoms with Crippen molar-refractivity contribution in [3.05, 3.63) is 18.2 Å². The monoisotopic (exact) mass is 390 g/mol. The number of unbranched alkanes of at least 4 members (excludes halogenated alkanes) is 16. The van der Waals surface area contributed by atoms with Gasteiger partial charge in [0.15, 0.2) is 0 Å². The van der Waals surface area contributed by atoms with Crippen molar-refractivity contribution >= 4 is 11.4 Å². The molecule has 162 valence electrons. The van der Waals surface area contributed by atoms with E-state index in [1.807, 2.05) is 12.1 Å². The third-order valence-electron chi connectivity index (χ3n) is 5.54. The molecule has 0 spiro atoms. The Kier molecular flexibility index (Phi) is 15.6. The van der Waals surface area contributed by atoms with E-state index in [1.165, 1.54) is 103 Å². The Morgan fingerprint density at radius 3 is 1.46 bits per heavy atom. The molecule has 0 heterocycles. The van der Waals surface area contributed by atoms with Crippen LogP contribution in [0.2, 0.25) is 0 Å². The van der Waals surface area contributed by atoms with E-state index in [0.717, 1.165) is 18.8 Å². The number of anilines is 2. The van der Waals surface area contributed by atoms with Crippen LogP contribution in [0.25, 0.3) is 0 Å². The van der Waals surface area contributed by atoms with Crippen LogP contribution in [0.1, 0.15) is 116 Å². The molecule has 0 saturated carbocycles. The molecular weight excluding hydrogens is 344 g/mol. The van der Waals surface area contributed by atoms with Crippen LogP contribution in [0.4, 0.5) is 11.4 Å². The van der Waals surface area contributed by atoms with Gasteiger partial charge in [-0.1, -0.05) is 110 Å². The third-order valence-corrected chi connectivity index (χ3v) is 5.54. The van der Waals surface area contributed by atoms with Gasteiger partial charge in [-0.3, -0.25) is 0 Å². The molecule has 1 rings (SSSR count). The van der Waals surface area contributed by atoms with Crippen molar-refractivity contribution in [2.45, 2.75) is 116 Å². The second-order valence-corrected chi connectivity index (χ2v) is 8.30. The van der Waals surface area contributed by atoms with Gasteiger partial charge in [-0.25, -0.2) is 0 Å². The van der Waals surface area contributed by atoms with Gasteiger partial charge in [0.1, 0.15) is 5.75 Å². The molecule has 0 bridgehead atoms. The number of benzene rings is 1. The smallest absolute Gasteiger partial charge is 0.142 e. The Balaban J connectivity index is 1.76. The van der Waals surface area contributed by atoms with Crippen LogP contribution in [0.3, 0.4) is 0 Å². The van der Waals surface area contributed by atoms with Crippen molar-refractivity contribution in [2.75, 3.05) is 18.1 Å². The summed E-state index contributed by atoms with van der Waals surface area (Å²) in [6, 6.07) is 5.45. The fraction of sp³-hybridized carbons (Fsp3) is 0.760. The highest BCUT2D eigenvalue weighted by atomic mass is 16.5. The maximum Gasteiger partial charge on any atom is 0.142 e. The molecule has 3 nitrogen and oxygen atoms in total. The van der Waals surface area contributed by atoms with Crippen LogP contribution in [-0.2, 0) is 0 Å². The number of nitrogens with two attached hydrogens (primary N) is 2. The topological polar surface area (TPSA) is 61.3 Å². The Labute approximate surface area is 174 Å². The van der Waals surface area contributed by atoms with Crippen LogP contribution in [-0.4, -0.2) is 6.61 Å². The van der Waals surface area contributed by atoms with Crippen molar-refractivity contribution in [3.8, 4) is 5.75 Å². The van der Waals surface area contributed by atoms with Gasteiger partial charge in [-0.2, -0.15) is 0 Å². The fourth-order valence-corrected chi connectivity index (χ4v) is 3.71. The Morgan fingerprint density at radius 1 is 0.607 bits per heavy atom. The minimum absolute atomic E-state index is 0.631. The molecule has 3 heteroatoms. The summed E-state index contributed by atoms with van der Waals surface area (Å²) in [5.41, 5.74) is 12.9. The Hall–Kier alpha value is -1.38. The summed E-state index contributed by atoms with van der Waals surface area (Å²) in [6.07, 6.45) is 23.6. The van der Waals surface area contributed by atoms with Gasteiger partial charge in [-0.05, 0) is 24.6 Å². The largest absolute Gasteiger partial charge is 0.491 e. The lowest BCUT2D eigenvalue weighted by molar-refractivity contribution is 0.306. The van der Waals surface area contributed by atoms with Crippen molar-refractivity contribution in [1.82, 2.24) is 0 Å². The normalized spacial score (nSPS) is 11.0. The number of hydrogen-bond donors (Lipinski definition) is 2. The average molecular weight is 391 g/mol. The summed E-state index contributed by atoms with van der Waals surface area (Å²) >= 11 is 0. The maximum absolute atomic E-state index is 5.89. The zero-order chi connectivity index (χ0) is 20.3. The predicted octanol–water partition coefficient (Wildman–Crippen LogP) is 7.88. The number of hydrogen-bond acceptors (Lipinski definition) is 3. The van der Waals surface area contributed by atoms with Gasteiger partial charge in [-0.15, -0.1) is 0 Å². The quantitative estimate of drug-likeness (QED) is 0.186. The van der Waals surface area contributed by atoms with Gasteiger partial charge >= 0.3 is 0 Å². The van der Waals surface area contributed by atoms with E-state index < -0.39 is 0 Å². The molecule has 0 fully saturated rings. The first-order valence-corrected chi connectivity index (χ1v) is 12.0. The molecular formula is C25H46N2O. The van der Waals surface area contributed by atoms with Gasteiger partial charge in [0, 0.05) is 5.69 Å². The number of nitrogen functional groups attached to an aromatic ring is 2. The molecule has 0 aromatic heterocycles. The zero-order valence-corrected chi connectivity index (χ0v) is 18.5. The molecule has 0 aliphatic rings. The second-order valence-electron chi connectivity index (χ2n) is 8.30. The van der Waals surface area contributed by atoms with Crippen molar-refractivity contribution < 1.29 is 4.74 Å². The summed E-state index contributed by atoms with van der Waals surface area (Å²) in [5, 5.41) is 0. The summed E-state index contributed by atoms with van der Waals surface area (Å²) in [7, 11) is 0. The minimum atomic E-state index is 0.631. The first kappa shape index (κ1) is 24.7. The Bertz CT molecular complexity index is 476. The molecule has 0 amide bonds. The average Bonchev–Trinajstić information content (AvgIpc) is 2.68. The molecule has 0 radical (unpaired) electrons. The van der Waals surface area contributed by atoms with Crippen LogP contribution in [0.5, 0.6) is 5.75 Å². The number of ether oxygens (including phenoxy) is 1. The summed E-state index contributed by atoms with van der Waals surface area (Å²) in [5.74, 6) is 0.755. The van der Waals surface area contributed by atoms with Gasteiger partial charge in [0.25, 0.3) is 0 Å². The molecule has 0 atom stereocenters. The summed E-state index contributed by atoms with van der Waals surface area (Å²) < 4.78 is 5.74. The van der Waals surface area contributed by atoms with Gasteiger partial charge in [0.05, 0.1) is 12.3 Å². The van der Waals surface area contributed by atoms with Crippen LogP contribution in [0, 0.1) is 0 Å². The molecule has 28 heavy (non-hydrogen) atoms. The van der Waals surface area contributed by atoms with Gasteiger partial charge in [0.2, 0.25) is 0 Å². The minimum Gasteiger partial charge on any atom is -0.491 e. The molecule has 0 aliphatic heterocycles. The highest BCUT2D eigenvalue weighted by Gasteiger charge is 2.00. The van der Waals surface area contributed by atoms with Crippen LogP contribution in [0.15, 0.2) is 18.2 Å². The standard InChI is InChI=1S/C25H46N2O/c1-2-3-4-5-6-7-8-9-10-11-12-13-14-15-16-17-18-21-28-25-20-19-23(26)22-24(25)27/h19-20,22H,2-18,21,26-27H2,1H3. The number of rotatable bonds is 19. The lowest BCUT2D eigenvalue weighted by atomic mass is 10.0. The zero-order valence-electron chi connectivity index (χ0n) is 18.5. The Morgan fingerprint density at radius 2 is 1.04 bits per heavy atom. The molecule has 1 aromatic carbocycles. The van der Waals surface area contributed by atoms with E-state index >= 15 is 0 Å². The molecule has 4 N–H and O–H groups in total. The molecule has 0 saturated heterocycles. The predicted molar refractivity (Wildman–Crippen MR) is 125 cm³/mol. The van der Waals surface area contributed by atoms with Crippen molar-refractivity contribution in [3.63, 3.8) is 0 Å². The maximum atomic E-state index is 5.89. The first-order chi connectivity index (χ1) is 13.7. The van der Waals surface area contributed by atoms with Crippen molar-refractivity contribution in [2.24, 2.45) is 0 Å². The lowest BCUT2D eigenvalue weighted by Gasteiger charge is -2.09.